The number of fused-ring (bicyclic) bond motifs is 1. The van der Waals surface area contributed by atoms with E-state index in [9.17, 15) is 9.59 Å². The molecule has 2 heterocycles. The van der Waals surface area contributed by atoms with Crippen molar-refractivity contribution in [3.05, 3.63) is 52.9 Å². The zero-order chi connectivity index (χ0) is 20.6. The first-order chi connectivity index (χ1) is 14.2. The summed E-state index contributed by atoms with van der Waals surface area (Å²) in [6.07, 6.45) is 4.48. The molecule has 1 amide bonds. The number of hydrogen-bond acceptors (Lipinski definition) is 5. The van der Waals surface area contributed by atoms with Crippen LogP contribution in [0.4, 0.5) is 5.69 Å². The van der Waals surface area contributed by atoms with Gasteiger partial charge in [-0.15, -0.1) is 0 Å². The molecule has 2 N–H and O–H groups in total. The van der Waals surface area contributed by atoms with Crippen molar-refractivity contribution in [1.82, 2.24) is 9.55 Å². The number of carbonyl (C=O) groups excluding carboxylic acids is 1. The molecule has 0 atom stereocenters. The van der Waals surface area contributed by atoms with Crippen LogP contribution >= 0.6 is 0 Å². The average Bonchev–Trinajstić information content (AvgIpc) is 2.74. The van der Waals surface area contributed by atoms with E-state index < -0.39 is 0 Å². The Balaban J connectivity index is 2.22. The largest absolute Gasteiger partial charge is 0.493 e. The van der Waals surface area contributed by atoms with Crippen LogP contribution < -0.4 is 15.6 Å². The van der Waals surface area contributed by atoms with Gasteiger partial charge in [0.2, 0.25) is 6.41 Å². The highest BCUT2D eigenvalue weighted by atomic mass is 16.5. The van der Waals surface area contributed by atoms with Gasteiger partial charge in [-0.2, -0.15) is 0 Å². The lowest BCUT2D eigenvalue weighted by atomic mass is 10.00. The van der Waals surface area contributed by atoms with Gasteiger partial charge in [-0.3, -0.25) is 14.2 Å². The van der Waals surface area contributed by atoms with Crippen molar-refractivity contribution in [3.8, 4) is 16.9 Å². The summed E-state index contributed by atoms with van der Waals surface area (Å²) in [7, 11) is 0. The fraction of sp³-hybridized carbons (Fsp3) is 0.318. The highest BCUT2D eigenvalue weighted by molar-refractivity contribution is 6.01. The molecule has 0 spiro atoms. The Morgan fingerprint density at radius 3 is 2.86 bits per heavy atom. The van der Waals surface area contributed by atoms with Gasteiger partial charge in [-0.1, -0.05) is 25.5 Å². The van der Waals surface area contributed by atoms with Crippen molar-refractivity contribution in [1.29, 1.82) is 0 Å². The Kier molecular flexibility index (Phi) is 6.97. The van der Waals surface area contributed by atoms with Gasteiger partial charge in [-0.05, 0) is 36.2 Å². The van der Waals surface area contributed by atoms with E-state index in [4.69, 9.17) is 9.84 Å². The van der Waals surface area contributed by atoms with Crippen LogP contribution in [0.25, 0.3) is 22.2 Å². The number of nitrogens with one attached hydrogen (secondary N) is 1. The fourth-order valence-corrected chi connectivity index (χ4v) is 3.29. The van der Waals surface area contributed by atoms with E-state index in [-0.39, 0.29) is 17.9 Å². The molecule has 0 aliphatic heterocycles. The lowest BCUT2D eigenvalue weighted by Crippen LogP contribution is -2.25. The number of nitrogens with zero attached hydrogens (tertiary/aromatic N) is 2. The second-order valence-electron chi connectivity index (χ2n) is 6.65. The number of hydrogen-bond donors (Lipinski definition) is 2. The summed E-state index contributed by atoms with van der Waals surface area (Å²) < 4.78 is 7.30. The zero-order valence-corrected chi connectivity index (χ0v) is 16.4. The van der Waals surface area contributed by atoms with Gasteiger partial charge < -0.3 is 15.2 Å². The number of aliphatic hydroxyl groups excluding tert-OH is 1. The summed E-state index contributed by atoms with van der Waals surface area (Å²) in [5, 5.41) is 12.3. The maximum Gasteiger partial charge on any atom is 0.276 e. The first kappa shape index (κ1) is 20.5. The predicted octanol–water partition coefficient (Wildman–Crippen LogP) is 3.19. The number of amides is 1. The number of aromatic nitrogens is 2. The van der Waals surface area contributed by atoms with Gasteiger partial charge in [-0.25, -0.2) is 4.98 Å². The Bertz CT molecular complexity index is 1050. The van der Waals surface area contributed by atoms with E-state index in [1.54, 1.807) is 10.8 Å². The minimum absolute atomic E-state index is 0.0549. The van der Waals surface area contributed by atoms with Crippen molar-refractivity contribution in [3.63, 3.8) is 0 Å². The number of ether oxygens (including phenoxy) is 1. The van der Waals surface area contributed by atoms with E-state index in [0.717, 1.165) is 23.8 Å². The monoisotopic (exact) mass is 395 g/mol. The topological polar surface area (TPSA) is 93.5 Å². The Morgan fingerprint density at radius 2 is 2.10 bits per heavy atom. The number of aliphatic hydroxyl groups is 1. The number of pyridine rings is 2. The molecule has 2 aromatic heterocycles. The Labute approximate surface area is 169 Å². The Hall–Kier alpha value is -3.19. The summed E-state index contributed by atoms with van der Waals surface area (Å²) >= 11 is 0. The minimum Gasteiger partial charge on any atom is -0.493 e. The molecule has 0 aliphatic rings. The standard InChI is InChI=1S/C22H25N3O4/c1-2-3-11-25-21-18(9-5-10-23-21)19(20(22(25)28)24-15-27)16-7-4-8-17(14-16)29-13-6-12-26/h4-5,7-10,14-15,26H,2-3,6,11-13H2,1H3,(H,24,27). The molecule has 29 heavy (non-hydrogen) atoms. The number of aryl methyl sites for hydroxylation is 1. The second kappa shape index (κ2) is 9.84. The molecule has 3 rings (SSSR count). The van der Waals surface area contributed by atoms with Crippen molar-refractivity contribution < 1.29 is 14.6 Å². The number of benzene rings is 1. The van der Waals surface area contributed by atoms with Crippen molar-refractivity contribution in [2.24, 2.45) is 0 Å². The first-order valence-electron chi connectivity index (χ1n) is 9.77. The molecule has 7 nitrogen and oxygen atoms in total. The van der Waals surface area contributed by atoms with Crippen LogP contribution in [0.5, 0.6) is 5.75 Å². The van der Waals surface area contributed by atoms with Gasteiger partial charge in [0, 0.05) is 36.7 Å². The molecule has 0 unspecified atom stereocenters. The number of rotatable bonds is 10. The van der Waals surface area contributed by atoms with E-state index in [2.05, 4.69) is 17.2 Å². The normalized spacial score (nSPS) is 10.8. The lowest BCUT2D eigenvalue weighted by Gasteiger charge is -2.17. The molecule has 3 aromatic rings. The van der Waals surface area contributed by atoms with Crippen LogP contribution in [-0.4, -0.2) is 34.3 Å². The van der Waals surface area contributed by atoms with Crippen LogP contribution in [-0.2, 0) is 11.3 Å². The third-order valence-corrected chi connectivity index (χ3v) is 4.65. The first-order valence-corrected chi connectivity index (χ1v) is 9.77. The minimum atomic E-state index is -0.279. The maximum absolute atomic E-state index is 13.2. The molecular formula is C22H25N3O4. The van der Waals surface area contributed by atoms with E-state index in [1.807, 2.05) is 36.4 Å². The van der Waals surface area contributed by atoms with Gasteiger partial charge in [0.05, 0.1) is 6.61 Å². The molecule has 0 fully saturated rings. The van der Waals surface area contributed by atoms with Crippen molar-refractivity contribution in [2.75, 3.05) is 18.5 Å². The second-order valence-corrected chi connectivity index (χ2v) is 6.65. The third-order valence-electron chi connectivity index (χ3n) is 4.65. The fourth-order valence-electron chi connectivity index (χ4n) is 3.29. The highest BCUT2D eigenvalue weighted by Gasteiger charge is 2.19. The van der Waals surface area contributed by atoms with Crippen LogP contribution in [0, 0.1) is 0 Å². The quantitative estimate of drug-likeness (QED) is 0.406. The molecule has 0 radical (unpaired) electrons. The van der Waals surface area contributed by atoms with Gasteiger partial charge in [0.25, 0.3) is 5.56 Å². The summed E-state index contributed by atoms with van der Waals surface area (Å²) in [6.45, 7) is 3.03. The van der Waals surface area contributed by atoms with Crippen LogP contribution in [0.2, 0.25) is 0 Å². The van der Waals surface area contributed by atoms with E-state index in [1.165, 1.54) is 0 Å². The van der Waals surface area contributed by atoms with Gasteiger partial charge >= 0.3 is 0 Å². The molecular weight excluding hydrogens is 370 g/mol. The summed E-state index contributed by atoms with van der Waals surface area (Å²) in [5.41, 5.74) is 1.89. The molecule has 152 valence electrons. The SMILES string of the molecule is CCCCn1c(=O)c(NC=O)c(-c2cccc(OCCCO)c2)c2cccnc21. The smallest absolute Gasteiger partial charge is 0.276 e. The van der Waals surface area contributed by atoms with Crippen LogP contribution in [0.1, 0.15) is 26.2 Å². The zero-order valence-electron chi connectivity index (χ0n) is 16.4. The van der Waals surface area contributed by atoms with E-state index >= 15 is 0 Å². The number of unbranched alkanes of at least 4 members (excludes halogenated alkanes) is 1. The number of carbonyl (C=O) groups is 1. The third kappa shape index (κ3) is 4.46. The van der Waals surface area contributed by atoms with Crippen LogP contribution in [0.15, 0.2) is 47.4 Å². The molecule has 0 aliphatic carbocycles. The van der Waals surface area contributed by atoms with Crippen LogP contribution in [0.3, 0.4) is 0 Å². The maximum atomic E-state index is 13.2. The van der Waals surface area contributed by atoms with Gasteiger partial charge in [0.15, 0.2) is 0 Å². The van der Waals surface area contributed by atoms with Gasteiger partial charge in [0.1, 0.15) is 17.1 Å². The molecule has 0 bridgehead atoms. The molecule has 7 heteroatoms. The molecule has 1 aromatic carbocycles. The van der Waals surface area contributed by atoms with Crippen molar-refractivity contribution >= 4 is 23.1 Å². The number of anilines is 1. The molecule has 0 saturated heterocycles. The average molecular weight is 395 g/mol. The molecule has 0 saturated carbocycles. The Morgan fingerprint density at radius 1 is 1.24 bits per heavy atom. The summed E-state index contributed by atoms with van der Waals surface area (Å²) in [6, 6.07) is 11.1. The summed E-state index contributed by atoms with van der Waals surface area (Å²) in [5.74, 6) is 0.625. The lowest BCUT2D eigenvalue weighted by molar-refractivity contribution is -0.105. The predicted molar refractivity (Wildman–Crippen MR) is 113 cm³/mol. The highest BCUT2D eigenvalue weighted by Crippen LogP contribution is 2.34. The van der Waals surface area contributed by atoms with E-state index in [0.29, 0.717) is 42.9 Å². The van der Waals surface area contributed by atoms with Crippen molar-refractivity contribution in [2.45, 2.75) is 32.7 Å². The summed E-state index contributed by atoms with van der Waals surface area (Å²) in [4.78, 5) is 29.0.